The van der Waals surface area contributed by atoms with Crippen LogP contribution in [0, 0.1) is 0 Å². The fraction of sp³-hybridized carbons (Fsp3) is 0.538. The van der Waals surface area contributed by atoms with E-state index in [1.807, 2.05) is 25.1 Å². The molecule has 1 rings (SSSR count). The van der Waals surface area contributed by atoms with Gasteiger partial charge in [-0.05, 0) is 31.0 Å². The van der Waals surface area contributed by atoms with Gasteiger partial charge in [0.05, 0.1) is 13.2 Å². The lowest BCUT2D eigenvalue weighted by molar-refractivity contribution is 0.238. The molecule has 1 atom stereocenters. The van der Waals surface area contributed by atoms with Crippen LogP contribution in [-0.2, 0) is 6.54 Å². The molecule has 0 aliphatic carbocycles. The van der Waals surface area contributed by atoms with Gasteiger partial charge in [0.25, 0.3) is 0 Å². The molecule has 0 spiro atoms. The molecule has 0 amide bonds. The molecule has 0 aliphatic heterocycles. The van der Waals surface area contributed by atoms with Gasteiger partial charge in [-0.25, -0.2) is 0 Å². The maximum atomic E-state index is 9.06. The predicted octanol–water partition coefficient (Wildman–Crippen LogP) is 1.95. The van der Waals surface area contributed by atoms with Gasteiger partial charge >= 0.3 is 0 Å². The van der Waals surface area contributed by atoms with Crippen LogP contribution in [0.15, 0.2) is 24.3 Å². The summed E-state index contributed by atoms with van der Waals surface area (Å²) in [6.45, 7) is 5.67. The van der Waals surface area contributed by atoms with Gasteiger partial charge in [0.2, 0.25) is 0 Å². The summed E-state index contributed by atoms with van der Waals surface area (Å²) in [5.41, 5.74) is 1.18. The molecule has 16 heavy (non-hydrogen) atoms. The molecular weight excluding hydrogens is 202 g/mol. The monoisotopic (exact) mass is 223 g/mol. The molecule has 0 heterocycles. The van der Waals surface area contributed by atoms with Crippen molar-refractivity contribution in [2.75, 3.05) is 13.2 Å². The average molecular weight is 223 g/mol. The van der Waals surface area contributed by atoms with Crippen LogP contribution in [0.3, 0.4) is 0 Å². The Hall–Kier alpha value is -1.06. The molecule has 3 heteroatoms. The van der Waals surface area contributed by atoms with Crippen LogP contribution in [0.1, 0.15) is 25.8 Å². The second kappa shape index (κ2) is 7.25. The highest BCUT2D eigenvalue weighted by molar-refractivity contribution is 5.28. The van der Waals surface area contributed by atoms with Crippen molar-refractivity contribution < 1.29 is 9.84 Å². The van der Waals surface area contributed by atoms with Gasteiger partial charge in [-0.1, -0.05) is 19.1 Å². The zero-order valence-electron chi connectivity index (χ0n) is 10.1. The van der Waals surface area contributed by atoms with Crippen molar-refractivity contribution >= 4 is 0 Å². The Morgan fingerprint density at radius 1 is 1.38 bits per heavy atom. The van der Waals surface area contributed by atoms with E-state index in [1.165, 1.54) is 5.56 Å². The lowest BCUT2D eigenvalue weighted by Crippen LogP contribution is -2.31. The third kappa shape index (κ3) is 4.21. The molecule has 0 bridgehead atoms. The minimum atomic E-state index is 0.177. The van der Waals surface area contributed by atoms with Crippen molar-refractivity contribution in [2.45, 2.75) is 32.9 Å². The Morgan fingerprint density at radius 2 is 2.19 bits per heavy atom. The van der Waals surface area contributed by atoms with E-state index in [9.17, 15) is 0 Å². The number of hydrogen-bond acceptors (Lipinski definition) is 3. The summed E-state index contributed by atoms with van der Waals surface area (Å²) in [5.74, 6) is 0.902. The van der Waals surface area contributed by atoms with Crippen LogP contribution in [0.5, 0.6) is 5.75 Å². The van der Waals surface area contributed by atoms with Crippen LogP contribution in [0.25, 0.3) is 0 Å². The fourth-order valence-electron chi connectivity index (χ4n) is 1.51. The summed E-state index contributed by atoms with van der Waals surface area (Å²) in [6, 6.07) is 8.20. The SMILES string of the molecule is CCOc1cccc(CN[C@@H](CC)CO)c1. The molecule has 0 unspecified atom stereocenters. The molecule has 0 aromatic heterocycles. The van der Waals surface area contributed by atoms with Crippen LogP contribution in [0.2, 0.25) is 0 Å². The molecule has 0 fully saturated rings. The summed E-state index contributed by atoms with van der Waals surface area (Å²) < 4.78 is 5.43. The van der Waals surface area contributed by atoms with Gasteiger partial charge in [-0.3, -0.25) is 0 Å². The quantitative estimate of drug-likeness (QED) is 0.742. The minimum Gasteiger partial charge on any atom is -0.494 e. The van der Waals surface area contributed by atoms with Crippen molar-refractivity contribution in [3.63, 3.8) is 0 Å². The highest BCUT2D eigenvalue weighted by Gasteiger charge is 2.03. The largest absolute Gasteiger partial charge is 0.494 e. The number of benzene rings is 1. The van der Waals surface area contributed by atoms with E-state index in [1.54, 1.807) is 0 Å². The molecule has 1 aromatic rings. The van der Waals surface area contributed by atoms with Crippen molar-refractivity contribution in [3.8, 4) is 5.75 Å². The fourth-order valence-corrected chi connectivity index (χ4v) is 1.51. The molecule has 0 saturated heterocycles. The van der Waals surface area contributed by atoms with Crippen LogP contribution in [-0.4, -0.2) is 24.4 Å². The third-order valence-electron chi connectivity index (χ3n) is 2.52. The second-order valence-electron chi connectivity index (χ2n) is 3.75. The summed E-state index contributed by atoms with van der Waals surface area (Å²) in [4.78, 5) is 0. The van der Waals surface area contributed by atoms with E-state index in [-0.39, 0.29) is 12.6 Å². The molecule has 3 nitrogen and oxygen atoms in total. The maximum Gasteiger partial charge on any atom is 0.119 e. The van der Waals surface area contributed by atoms with Crippen molar-refractivity contribution in [1.82, 2.24) is 5.32 Å². The van der Waals surface area contributed by atoms with Gasteiger partial charge in [0.1, 0.15) is 5.75 Å². The maximum absolute atomic E-state index is 9.06. The molecule has 2 N–H and O–H groups in total. The number of ether oxygens (including phenoxy) is 1. The lowest BCUT2D eigenvalue weighted by Gasteiger charge is -2.14. The second-order valence-corrected chi connectivity index (χ2v) is 3.75. The van der Waals surface area contributed by atoms with Gasteiger partial charge in [-0.15, -0.1) is 0 Å². The first-order valence-corrected chi connectivity index (χ1v) is 5.86. The Morgan fingerprint density at radius 3 is 2.81 bits per heavy atom. The Kier molecular flexibility index (Phi) is 5.90. The van der Waals surface area contributed by atoms with Crippen LogP contribution < -0.4 is 10.1 Å². The van der Waals surface area contributed by atoms with Gasteiger partial charge < -0.3 is 15.2 Å². The highest BCUT2D eigenvalue weighted by atomic mass is 16.5. The zero-order chi connectivity index (χ0) is 11.8. The Bertz CT molecular complexity index is 298. The summed E-state index contributed by atoms with van der Waals surface area (Å²) in [5, 5.41) is 12.4. The number of aliphatic hydroxyl groups excluding tert-OH is 1. The van der Waals surface area contributed by atoms with E-state index in [4.69, 9.17) is 9.84 Å². The van der Waals surface area contributed by atoms with Gasteiger partial charge in [-0.2, -0.15) is 0 Å². The number of nitrogens with one attached hydrogen (secondary N) is 1. The summed E-state index contributed by atoms with van der Waals surface area (Å²) >= 11 is 0. The minimum absolute atomic E-state index is 0.177. The Balaban J connectivity index is 2.49. The highest BCUT2D eigenvalue weighted by Crippen LogP contribution is 2.13. The van der Waals surface area contributed by atoms with Crippen molar-refractivity contribution in [2.24, 2.45) is 0 Å². The Labute approximate surface area is 97.4 Å². The third-order valence-corrected chi connectivity index (χ3v) is 2.52. The first-order chi connectivity index (χ1) is 7.80. The van der Waals surface area contributed by atoms with E-state index < -0.39 is 0 Å². The average Bonchev–Trinajstić information content (AvgIpc) is 2.31. The molecular formula is C13H21NO2. The van der Waals surface area contributed by atoms with Gasteiger partial charge in [0.15, 0.2) is 0 Å². The van der Waals surface area contributed by atoms with E-state index >= 15 is 0 Å². The lowest BCUT2D eigenvalue weighted by atomic mass is 10.2. The van der Waals surface area contributed by atoms with Crippen molar-refractivity contribution in [3.05, 3.63) is 29.8 Å². The molecule has 0 aliphatic rings. The van der Waals surface area contributed by atoms with E-state index in [0.717, 1.165) is 18.7 Å². The molecule has 90 valence electrons. The first-order valence-electron chi connectivity index (χ1n) is 5.86. The first kappa shape index (κ1) is 13.0. The zero-order valence-corrected chi connectivity index (χ0v) is 10.1. The summed E-state index contributed by atoms with van der Waals surface area (Å²) in [7, 11) is 0. The van der Waals surface area contributed by atoms with Gasteiger partial charge in [0, 0.05) is 12.6 Å². The predicted molar refractivity (Wildman–Crippen MR) is 65.6 cm³/mol. The molecule has 0 radical (unpaired) electrons. The topological polar surface area (TPSA) is 41.5 Å². The molecule has 1 aromatic carbocycles. The number of aliphatic hydroxyl groups is 1. The molecule has 0 saturated carbocycles. The normalized spacial score (nSPS) is 12.4. The smallest absolute Gasteiger partial charge is 0.119 e. The van der Waals surface area contributed by atoms with E-state index in [0.29, 0.717) is 6.61 Å². The standard InChI is InChI=1S/C13H21NO2/c1-3-12(10-15)14-9-11-6-5-7-13(8-11)16-4-2/h5-8,12,14-15H,3-4,9-10H2,1-2H3/t12-/m0/s1. The number of rotatable bonds is 7. The van der Waals surface area contributed by atoms with Crippen LogP contribution in [0.4, 0.5) is 0 Å². The van der Waals surface area contributed by atoms with E-state index in [2.05, 4.69) is 18.3 Å². The van der Waals surface area contributed by atoms with Crippen molar-refractivity contribution in [1.29, 1.82) is 0 Å². The van der Waals surface area contributed by atoms with Crippen LogP contribution >= 0.6 is 0 Å². The number of hydrogen-bond donors (Lipinski definition) is 2. The summed E-state index contributed by atoms with van der Waals surface area (Å²) in [6.07, 6.45) is 0.932.